The molecule has 0 aliphatic carbocycles. The molecule has 0 aliphatic rings. The number of ether oxygens (including phenoxy) is 3. The highest BCUT2D eigenvalue weighted by atomic mass is 16.6. The molecule has 1 unspecified atom stereocenters. The lowest BCUT2D eigenvalue weighted by atomic mass is 10.1. The monoisotopic (exact) mass is 989 g/mol. The maximum Gasteiger partial charge on any atom is 0.306 e. The van der Waals surface area contributed by atoms with Crippen LogP contribution in [0.15, 0.2) is 85.1 Å². The minimum atomic E-state index is -0.797. The molecule has 0 bridgehead atoms. The molecule has 0 saturated heterocycles. The van der Waals surface area contributed by atoms with E-state index in [9.17, 15) is 14.4 Å². The highest BCUT2D eigenvalue weighted by Gasteiger charge is 2.19. The number of esters is 3. The Kier molecular flexibility index (Phi) is 56.3. The van der Waals surface area contributed by atoms with E-state index in [0.29, 0.717) is 19.3 Å². The summed E-state index contributed by atoms with van der Waals surface area (Å²) >= 11 is 0. The van der Waals surface area contributed by atoms with Gasteiger partial charge in [0.2, 0.25) is 0 Å². The zero-order valence-electron chi connectivity index (χ0n) is 46.7. The van der Waals surface area contributed by atoms with Gasteiger partial charge in [0.25, 0.3) is 0 Å². The van der Waals surface area contributed by atoms with Gasteiger partial charge in [-0.15, -0.1) is 0 Å². The fourth-order valence-corrected chi connectivity index (χ4v) is 8.36. The van der Waals surface area contributed by atoms with E-state index in [0.717, 1.165) is 103 Å². The molecule has 0 aromatic rings. The fraction of sp³-hybridized carbons (Fsp3) is 0.738. The maximum atomic E-state index is 12.9. The van der Waals surface area contributed by atoms with E-state index in [1.165, 1.54) is 148 Å². The molecule has 0 rings (SSSR count). The average molecular weight is 990 g/mol. The van der Waals surface area contributed by atoms with Crippen LogP contribution in [0.2, 0.25) is 0 Å². The van der Waals surface area contributed by atoms with Crippen molar-refractivity contribution in [3.63, 3.8) is 0 Å². The number of allylic oxidation sites excluding steroid dienone is 14. The number of hydrogen-bond acceptors (Lipinski definition) is 6. The highest BCUT2D eigenvalue weighted by Crippen LogP contribution is 2.15. The third-order valence-electron chi connectivity index (χ3n) is 12.9. The summed E-state index contributed by atoms with van der Waals surface area (Å²) in [4.78, 5) is 38.2. The number of carbonyl (C=O) groups is 3. The summed E-state index contributed by atoms with van der Waals surface area (Å²) in [5, 5.41) is 0. The first kappa shape index (κ1) is 67.6. The molecule has 71 heavy (non-hydrogen) atoms. The van der Waals surface area contributed by atoms with E-state index in [1.807, 2.05) is 0 Å². The molecule has 0 fully saturated rings. The predicted molar refractivity (Wildman–Crippen MR) is 307 cm³/mol. The minimum Gasteiger partial charge on any atom is -0.462 e. The van der Waals surface area contributed by atoms with E-state index in [4.69, 9.17) is 14.2 Å². The van der Waals surface area contributed by atoms with E-state index in [2.05, 4.69) is 106 Å². The zero-order chi connectivity index (χ0) is 51.4. The smallest absolute Gasteiger partial charge is 0.306 e. The summed E-state index contributed by atoms with van der Waals surface area (Å²) < 4.78 is 16.9. The number of carbonyl (C=O) groups excluding carboxylic acids is 3. The Labute approximate surface area is 439 Å². The molecule has 1 atom stereocenters. The Morgan fingerprint density at radius 2 is 0.592 bits per heavy atom. The zero-order valence-corrected chi connectivity index (χ0v) is 46.7. The fourth-order valence-electron chi connectivity index (χ4n) is 8.36. The largest absolute Gasteiger partial charge is 0.462 e. The van der Waals surface area contributed by atoms with Crippen LogP contribution in [-0.4, -0.2) is 37.2 Å². The van der Waals surface area contributed by atoms with Crippen molar-refractivity contribution in [1.29, 1.82) is 0 Å². The van der Waals surface area contributed by atoms with Crippen molar-refractivity contribution >= 4 is 17.9 Å². The Bertz CT molecular complexity index is 1370. The standard InChI is InChI=1S/C65H112O6/c1-4-7-10-13-16-19-22-25-28-31-33-35-37-40-43-46-49-52-55-58-64(67)70-61-62(60-69-63(66)57-54-51-48-45-42-39-36-30-27-24-21-18-15-12-9-6-3)71-65(68)59-56-53-50-47-44-41-38-34-32-29-26-23-20-17-14-11-8-5-2/h9,12,16,18-19,21-22,25,27,30,34,38-39,42,62H,4-8,10-11,13-15,17,20,23-24,26,28-29,31-33,35-37,40-41,43-61H2,1-3H3/b12-9-,19-16-,21-18-,25-22-,30-27-,38-34-,42-39-. The number of hydrogen-bond donors (Lipinski definition) is 0. The molecule has 408 valence electrons. The molecule has 0 aliphatic heterocycles. The predicted octanol–water partition coefficient (Wildman–Crippen LogP) is 20.3. The molecule has 0 N–H and O–H groups in total. The number of unbranched alkanes of at least 4 members (excludes halogenated alkanes) is 30. The Morgan fingerprint density at radius 1 is 0.310 bits per heavy atom. The van der Waals surface area contributed by atoms with Crippen LogP contribution in [0.25, 0.3) is 0 Å². The van der Waals surface area contributed by atoms with Crippen molar-refractivity contribution in [1.82, 2.24) is 0 Å². The van der Waals surface area contributed by atoms with Crippen LogP contribution in [-0.2, 0) is 28.6 Å². The Morgan fingerprint density at radius 3 is 1.00 bits per heavy atom. The van der Waals surface area contributed by atoms with Crippen molar-refractivity contribution in [3.8, 4) is 0 Å². The summed E-state index contributed by atoms with van der Waals surface area (Å²) in [7, 11) is 0. The summed E-state index contributed by atoms with van der Waals surface area (Å²) in [5.74, 6) is -0.927. The van der Waals surface area contributed by atoms with Gasteiger partial charge in [-0.3, -0.25) is 14.4 Å². The molecule has 0 aromatic heterocycles. The van der Waals surface area contributed by atoms with Gasteiger partial charge in [0.1, 0.15) is 13.2 Å². The van der Waals surface area contributed by atoms with Crippen molar-refractivity contribution in [2.45, 2.75) is 297 Å². The summed E-state index contributed by atoms with van der Waals surface area (Å²) in [6.07, 6.45) is 77.2. The average Bonchev–Trinajstić information content (AvgIpc) is 3.37. The molecule has 0 saturated carbocycles. The number of rotatable bonds is 54. The minimum absolute atomic E-state index is 0.0914. The van der Waals surface area contributed by atoms with Gasteiger partial charge in [-0.2, -0.15) is 0 Å². The van der Waals surface area contributed by atoms with Gasteiger partial charge in [0.05, 0.1) is 0 Å². The first-order valence-corrected chi connectivity index (χ1v) is 30.1. The third-order valence-corrected chi connectivity index (χ3v) is 12.9. The van der Waals surface area contributed by atoms with Crippen molar-refractivity contribution in [2.75, 3.05) is 13.2 Å². The van der Waals surface area contributed by atoms with Crippen LogP contribution in [0.3, 0.4) is 0 Å². The Balaban J connectivity index is 4.43. The van der Waals surface area contributed by atoms with E-state index in [1.54, 1.807) is 0 Å². The first-order chi connectivity index (χ1) is 35.0. The summed E-state index contributed by atoms with van der Waals surface area (Å²) in [6, 6.07) is 0. The van der Waals surface area contributed by atoms with Crippen LogP contribution in [0.4, 0.5) is 0 Å². The molecular weight excluding hydrogens is 877 g/mol. The van der Waals surface area contributed by atoms with Gasteiger partial charge in [0, 0.05) is 19.3 Å². The molecule has 6 heteroatoms. The molecule has 0 radical (unpaired) electrons. The van der Waals surface area contributed by atoms with Crippen LogP contribution >= 0.6 is 0 Å². The second-order valence-corrected chi connectivity index (χ2v) is 19.9. The molecule has 0 spiro atoms. The van der Waals surface area contributed by atoms with Gasteiger partial charge in [-0.05, 0) is 109 Å². The lowest BCUT2D eigenvalue weighted by molar-refractivity contribution is -0.167. The topological polar surface area (TPSA) is 78.9 Å². The van der Waals surface area contributed by atoms with Gasteiger partial charge in [-0.1, -0.05) is 247 Å². The van der Waals surface area contributed by atoms with Crippen LogP contribution in [0.1, 0.15) is 290 Å². The SMILES string of the molecule is CC/C=C\C/C=C\C/C=C\C/C=C\CCCCCC(=O)OCC(COC(=O)CCCCCCCCCCCC/C=C\C=C/CCCCC)OC(=O)CCCCCCC/C=C\CCCCCCCCCCC. The van der Waals surface area contributed by atoms with E-state index >= 15 is 0 Å². The van der Waals surface area contributed by atoms with Gasteiger partial charge in [0.15, 0.2) is 6.10 Å². The van der Waals surface area contributed by atoms with Crippen LogP contribution in [0.5, 0.6) is 0 Å². The van der Waals surface area contributed by atoms with Gasteiger partial charge < -0.3 is 14.2 Å². The van der Waals surface area contributed by atoms with Crippen molar-refractivity contribution in [3.05, 3.63) is 85.1 Å². The molecule has 0 aromatic carbocycles. The molecule has 0 heterocycles. The van der Waals surface area contributed by atoms with Crippen molar-refractivity contribution < 1.29 is 28.6 Å². The second kappa shape index (κ2) is 59.2. The first-order valence-electron chi connectivity index (χ1n) is 30.1. The lowest BCUT2D eigenvalue weighted by Gasteiger charge is -2.18. The second-order valence-electron chi connectivity index (χ2n) is 19.9. The third kappa shape index (κ3) is 57.4. The maximum absolute atomic E-state index is 12.9. The normalized spacial score (nSPS) is 12.7. The quantitative estimate of drug-likeness (QED) is 0.0199. The lowest BCUT2D eigenvalue weighted by Crippen LogP contribution is -2.30. The van der Waals surface area contributed by atoms with Crippen LogP contribution in [0, 0.1) is 0 Å². The Hall–Kier alpha value is -3.41. The van der Waals surface area contributed by atoms with Gasteiger partial charge >= 0.3 is 17.9 Å². The molecule has 6 nitrogen and oxygen atoms in total. The summed E-state index contributed by atoms with van der Waals surface area (Å²) in [6.45, 7) is 6.49. The summed E-state index contributed by atoms with van der Waals surface area (Å²) in [5.41, 5.74) is 0. The van der Waals surface area contributed by atoms with Crippen molar-refractivity contribution in [2.24, 2.45) is 0 Å². The molecule has 0 amide bonds. The van der Waals surface area contributed by atoms with Gasteiger partial charge in [-0.25, -0.2) is 0 Å². The van der Waals surface area contributed by atoms with E-state index in [-0.39, 0.29) is 31.1 Å². The highest BCUT2D eigenvalue weighted by molar-refractivity contribution is 5.71. The van der Waals surface area contributed by atoms with E-state index < -0.39 is 6.10 Å². The van der Waals surface area contributed by atoms with Crippen LogP contribution < -0.4 is 0 Å². The molecular formula is C65H112O6.